The van der Waals surface area contributed by atoms with Gasteiger partial charge in [-0.2, -0.15) is 0 Å². The largest absolute Gasteiger partial charge is 0.354 e. The molecule has 1 aromatic carbocycles. The van der Waals surface area contributed by atoms with E-state index in [4.69, 9.17) is 0 Å². The summed E-state index contributed by atoms with van der Waals surface area (Å²) in [5.74, 6) is 0.665. The number of nitrogens with one attached hydrogen (secondary N) is 1. The number of hydrogen-bond donors (Lipinski definition) is 1. The van der Waals surface area contributed by atoms with Crippen molar-refractivity contribution in [3.63, 3.8) is 0 Å². The molecule has 0 atom stereocenters. The van der Waals surface area contributed by atoms with Gasteiger partial charge >= 0.3 is 0 Å². The number of benzene rings is 1. The number of anilines is 1. The molecular weight excluding hydrogens is 232 g/mol. The fourth-order valence-corrected chi connectivity index (χ4v) is 2.67. The first kappa shape index (κ1) is 10.4. The molecule has 3 rings (SSSR count). The predicted octanol–water partition coefficient (Wildman–Crippen LogP) is 2.98. The van der Waals surface area contributed by atoms with Crippen molar-refractivity contribution in [3.8, 4) is 0 Å². The number of aryl methyl sites for hydroxylation is 1. The molecule has 0 bridgehead atoms. The lowest BCUT2D eigenvalue weighted by Crippen LogP contribution is -2.01. The van der Waals surface area contributed by atoms with Gasteiger partial charge in [0.15, 0.2) is 0 Å². The molecule has 1 N–H and O–H groups in total. The van der Waals surface area contributed by atoms with Crippen LogP contribution in [0.3, 0.4) is 0 Å². The van der Waals surface area contributed by atoms with E-state index in [9.17, 15) is 0 Å². The zero-order chi connectivity index (χ0) is 11.8. The van der Waals surface area contributed by atoms with Crippen molar-refractivity contribution >= 4 is 38.4 Å². The van der Waals surface area contributed by atoms with Crippen LogP contribution < -0.4 is 5.32 Å². The Morgan fingerprint density at radius 1 is 1.24 bits per heavy atom. The molecular formula is C12H12N4S. The summed E-state index contributed by atoms with van der Waals surface area (Å²) in [7, 11) is 0. The van der Waals surface area contributed by atoms with Crippen LogP contribution in [0.5, 0.6) is 0 Å². The summed E-state index contributed by atoms with van der Waals surface area (Å²) in [6.07, 6.45) is 1.84. The Hall–Kier alpha value is -1.75. The summed E-state index contributed by atoms with van der Waals surface area (Å²) < 4.78 is 1.18. The quantitative estimate of drug-likeness (QED) is 0.753. The fraction of sp³-hybridized carbons (Fsp3) is 0.250. The predicted molar refractivity (Wildman–Crippen MR) is 71.6 cm³/mol. The average molecular weight is 244 g/mol. The first-order valence-electron chi connectivity index (χ1n) is 5.54. The van der Waals surface area contributed by atoms with Gasteiger partial charge in [-0.3, -0.25) is 0 Å². The first-order valence-corrected chi connectivity index (χ1v) is 6.36. The van der Waals surface area contributed by atoms with Crippen LogP contribution >= 0.6 is 11.3 Å². The average Bonchev–Trinajstić information content (AvgIpc) is 2.70. The van der Waals surface area contributed by atoms with E-state index in [2.05, 4.69) is 26.3 Å². The van der Waals surface area contributed by atoms with Gasteiger partial charge in [-0.25, -0.2) is 15.0 Å². The Kier molecular flexibility index (Phi) is 2.40. The molecule has 0 saturated carbocycles. The van der Waals surface area contributed by atoms with Gasteiger partial charge in [0.25, 0.3) is 0 Å². The summed E-state index contributed by atoms with van der Waals surface area (Å²) >= 11 is 1.69. The lowest BCUT2D eigenvalue weighted by molar-refractivity contribution is 1.11. The van der Waals surface area contributed by atoms with Crippen LogP contribution in [0.2, 0.25) is 0 Å². The van der Waals surface area contributed by atoms with Crippen LogP contribution in [0.25, 0.3) is 21.1 Å². The normalized spacial score (nSPS) is 11.2. The highest BCUT2D eigenvalue weighted by Gasteiger charge is 2.07. The van der Waals surface area contributed by atoms with Crippen LogP contribution in [-0.4, -0.2) is 21.5 Å². The maximum Gasteiger partial charge on any atom is 0.223 e. The minimum absolute atomic E-state index is 0.665. The second-order valence-electron chi connectivity index (χ2n) is 3.81. The molecule has 0 aliphatic rings. The van der Waals surface area contributed by atoms with Crippen molar-refractivity contribution < 1.29 is 0 Å². The lowest BCUT2D eigenvalue weighted by Gasteiger charge is -2.02. The number of nitrogens with zero attached hydrogens (tertiary/aromatic N) is 3. The Labute approximate surface area is 103 Å². The molecule has 4 nitrogen and oxygen atoms in total. The number of hydrogen-bond acceptors (Lipinski definition) is 5. The van der Waals surface area contributed by atoms with Gasteiger partial charge < -0.3 is 5.32 Å². The molecule has 0 aliphatic carbocycles. The third kappa shape index (κ3) is 1.72. The van der Waals surface area contributed by atoms with E-state index < -0.39 is 0 Å². The molecule has 0 aliphatic heterocycles. The zero-order valence-corrected chi connectivity index (χ0v) is 10.5. The van der Waals surface area contributed by atoms with Crippen LogP contribution in [0.15, 0.2) is 18.3 Å². The van der Waals surface area contributed by atoms with Crippen molar-refractivity contribution in [1.29, 1.82) is 0 Å². The Bertz CT molecular complexity index is 689. The molecule has 5 heteroatoms. The van der Waals surface area contributed by atoms with Crippen LogP contribution in [0.1, 0.15) is 11.9 Å². The third-order valence-corrected chi connectivity index (χ3v) is 3.49. The summed E-state index contributed by atoms with van der Waals surface area (Å²) in [5, 5.41) is 5.22. The lowest BCUT2D eigenvalue weighted by atomic mass is 10.2. The minimum Gasteiger partial charge on any atom is -0.354 e. The highest BCUT2D eigenvalue weighted by molar-refractivity contribution is 7.18. The standard InChI is InChI=1S/C12H12N4S/c1-3-13-12-14-6-8-4-5-9-11(10(8)16-12)15-7(2)17-9/h4-6H,3H2,1-2H3,(H,13,14,16). The number of aromatic nitrogens is 3. The van der Waals surface area contributed by atoms with Crippen LogP contribution in [-0.2, 0) is 0 Å². The summed E-state index contributed by atoms with van der Waals surface area (Å²) in [6.45, 7) is 4.86. The van der Waals surface area contributed by atoms with E-state index in [1.54, 1.807) is 11.3 Å². The van der Waals surface area contributed by atoms with E-state index in [1.165, 1.54) is 4.70 Å². The van der Waals surface area contributed by atoms with E-state index in [1.807, 2.05) is 26.1 Å². The van der Waals surface area contributed by atoms with Gasteiger partial charge in [-0.05, 0) is 26.0 Å². The summed E-state index contributed by atoms with van der Waals surface area (Å²) in [6, 6.07) is 4.13. The molecule has 2 heterocycles. The molecule has 86 valence electrons. The van der Waals surface area contributed by atoms with Crippen molar-refractivity contribution in [2.24, 2.45) is 0 Å². The van der Waals surface area contributed by atoms with Gasteiger partial charge in [-0.1, -0.05) is 0 Å². The van der Waals surface area contributed by atoms with E-state index in [-0.39, 0.29) is 0 Å². The van der Waals surface area contributed by atoms with Crippen LogP contribution in [0.4, 0.5) is 5.95 Å². The molecule has 0 fully saturated rings. The summed E-state index contributed by atoms with van der Waals surface area (Å²) in [5.41, 5.74) is 1.91. The van der Waals surface area contributed by atoms with Gasteiger partial charge in [0, 0.05) is 18.1 Å². The molecule has 17 heavy (non-hydrogen) atoms. The molecule has 0 unspecified atom stereocenters. The summed E-state index contributed by atoms with van der Waals surface area (Å²) in [4.78, 5) is 13.3. The van der Waals surface area contributed by atoms with Gasteiger partial charge in [-0.15, -0.1) is 11.3 Å². The van der Waals surface area contributed by atoms with Crippen molar-refractivity contribution in [1.82, 2.24) is 15.0 Å². The highest BCUT2D eigenvalue weighted by Crippen LogP contribution is 2.27. The molecule has 0 amide bonds. The Morgan fingerprint density at radius 2 is 2.12 bits per heavy atom. The number of rotatable bonds is 2. The molecule has 2 aromatic heterocycles. The molecule has 3 aromatic rings. The highest BCUT2D eigenvalue weighted by atomic mass is 32.1. The van der Waals surface area contributed by atoms with Crippen LogP contribution in [0, 0.1) is 6.92 Å². The molecule has 0 saturated heterocycles. The van der Waals surface area contributed by atoms with Crippen molar-refractivity contribution in [2.75, 3.05) is 11.9 Å². The monoisotopic (exact) mass is 244 g/mol. The Morgan fingerprint density at radius 3 is 2.94 bits per heavy atom. The second kappa shape index (κ2) is 3.92. The van der Waals surface area contributed by atoms with Crippen molar-refractivity contribution in [2.45, 2.75) is 13.8 Å². The van der Waals surface area contributed by atoms with E-state index in [0.717, 1.165) is 28.0 Å². The third-order valence-electron chi connectivity index (χ3n) is 2.55. The number of fused-ring (bicyclic) bond motifs is 3. The molecule has 0 radical (unpaired) electrons. The minimum atomic E-state index is 0.665. The zero-order valence-electron chi connectivity index (χ0n) is 9.69. The SMILES string of the molecule is CCNc1ncc2ccc3sc(C)nc3c2n1. The fourth-order valence-electron chi connectivity index (χ4n) is 1.84. The van der Waals surface area contributed by atoms with Gasteiger partial charge in [0.05, 0.1) is 9.71 Å². The molecule has 0 spiro atoms. The van der Waals surface area contributed by atoms with E-state index in [0.29, 0.717) is 5.95 Å². The van der Waals surface area contributed by atoms with E-state index >= 15 is 0 Å². The number of thiazole rings is 1. The smallest absolute Gasteiger partial charge is 0.223 e. The van der Waals surface area contributed by atoms with Gasteiger partial charge in [0.1, 0.15) is 11.0 Å². The van der Waals surface area contributed by atoms with Crippen molar-refractivity contribution in [3.05, 3.63) is 23.3 Å². The van der Waals surface area contributed by atoms with Gasteiger partial charge in [0.2, 0.25) is 5.95 Å². The first-order chi connectivity index (χ1) is 8.28. The topological polar surface area (TPSA) is 50.7 Å². The maximum atomic E-state index is 4.54. The maximum absolute atomic E-state index is 4.54. The second-order valence-corrected chi connectivity index (χ2v) is 5.04. The Balaban J connectivity index is 2.33.